The number of hydrogen-bond acceptors (Lipinski definition) is 3. The minimum absolute atomic E-state index is 0.122. The fraction of sp³-hybridized carbons (Fsp3) is 0.400. The molecule has 0 saturated carbocycles. The molecule has 0 N–H and O–H groups in total. The summed E-state index contributed by atoms with van der Waals surface area (Å²) in [5, 5.41) is 10.4. The van der Waals surface area contributed by atoms with E-state index >= 15 is 0 Å². The maximum absolute atomic E-state index is 10.4. The molecule has 1 unspecified atom stereocenters. The molecule has 1 atom stereocenters. The van der Waals surface area contributed by atoms with Crippen LogP contribution < -0.4 is 0 Å². The van der Waals surface area contributed by atoms with Crippen LogP contribution in [0.15, 0.2) is 24.3 Å². The van der Waals surface area contributed by atoms with E-state index in [0.29, 0.717) is 0 Å². The van der Waals surface area contributed by atoms with Gasteiger partial charge in [-0.05, 0) is 24.6 Å². The predicted octanol–water partition coefficient (Wildman–Crippen LogP) is 2.23. The minimum Gasteiger partial charge on any atom is -0.370 e. The van der Waals surface area contributed by atoms with Gasteiger partial charge in [0.2, 0.25) is 0 Å². The Balaban J connectivity index is 2.25. The van der Waals surface area contributed by atoms with E-state index in [1.54, 1.807) is 12.1 Å². The van der Waals surface area contributed by atoms with E-state index in [1.165, 1.54) is 12.1 Å². The van der Waals surface area contributed by atoms with Crippen molar-refractivity contribution in [1.82, 2.24) is 0 Å². The van der Waals surface area contributed by atoms with Crippen molar-refractivity contribution in [3.05, 3.63) is 39.9 Å². The summed E-state index contributed by atoms with van der Waals surface area (Å²) in [5.41, 5.74) is 0.904. The van der Waals surface area contributed by atoms with Gasteiger partial charge in [-0.3, -0.25) is 10.1 Å². The summed E-state index contributed by atoms with van der Waals surface area (Å²) in [6.45, 7) is 2.77. The topological polar surface area (TPSA) is 52.4 Å². The Morgan fingerprint density at radius 2 is 2.00 bits per heavy atom. The molecule has 1 saturated heterocycles. The average molecular weight is 193 g/mol. The van der Waals surface area contributed by atoms with E-state index in [2.05, 4.69) is 0 Å². The zero-order valence-corrected chi connectivity index (χ0v) is 7.90. The Morgan fingerprint density at radius 3 is 2.36 bits per heavy atom. The quantitative estimate of drug-likeness (QED) is 0.534. The Morgan fingerprint density at radius 1 is 1.43 bits per heavy atom. The molecule has 1 aliphatic heterocycles. The van der Waals surface area contributed by atoms with Gasteiger partial charge in [-0.1, -0.05) is 0 Å². The molecule has 1 heterocycles. The lowest BCUT2D eigenvalue weighted by Crippen LogP contribution is -2.37. The van der Waals surface area contributed by atoms with Crippen molar-refractivity contribution in [3.8, 4) is 0 Å². The number of nitro benzene ring substituents is 1. The van der Waals surface area contributed by atoms with Gasteiger partial charge < -0.3 is 4.74 Å². The lowest BCUT2D eigenvalue weighted by Gasteiger charge is -2.39. The maximum atomic E-state index is 10.4. The van der Waals surface area contributed by atoms with Crippen molar-refractivity contribution in [2.75, 3.05) is 6.61 Å². The number of rotatable bonds is 2. The van der Waals surface area contributed by atoms with Crippen LogP contribution in [0.2, 0.25) is 0 Å². The van der Waals surface area contributed by atoms with Crippen LogP contribution >= 0.6 is 0 Å². The zero-order valence-electron chi connectivity index (χ0n) is 7.90. The second-order valence-corrected chi connectivity index (χ2v) is 3.63. The third-order valence-corrected chi connectivity index (χ3v) is 2.69. The highest BCUT2D eigenvalue weighted by Crippen LogP contribution is 2.37. The first-order chi connectivity index (χ1) is 6.62. The first-order valence-corrected chi connectivity index (χ1v) is 4.51. The smallest absolute Gasteiger partial charge is 0.269 e. The van der Waals surface area contributed by atoms with Gasteiger partial charge in [0.1, 0.15) is 0 Å². The second kappa shape index (κ2) is 3.06. The van der Waals surface area contributed by atoms with Gasteiger partial charge in [0, 0.05) is 18.6 Å². The van der Waals surface area contributed by atoms with Gasteiger partial charge in [0.15, 0.2) is 0 Å². The number of non-ortho nitro benzene ring substituents is 1. The summed E-state index contributed by atoms with van der Waals surface area (Å²) < 4.78 is 5.43. The third-order valence-electron chi connectivity index (χ3n) is 2.69. The molecule has 4 nitrogen and oxygen atoms in total. The van der Waals surface area contributed by atoms with Gasteiger partial charge in [-0.15, -0.1) is 0 Å². The molecule has 1 aromatic carbocycles. The molecule has 1 aromatic rings. The fourth-order valence-corrected chi connectivity index (χ4v) is 1.57. The monoisotopic (exact) mass is 193 g/mol. The fourth-order valence-electron chi connectivity index (χ4n) is 1.57. The molecular formula is C10H11NO3. The molecule has 0 bridgehead atoms. The minimum atomic E-state index is -0.395. The number of hydrogen-bond donors (Lipinski definition) is 0. The van der Waals surface area contributed by atoms with Gasteiger partial charge in [0.25, 0.3) is 5.69 Å². The van der Waals surface area contributed by atoms with E-state index in [9.17, 15) is 10.1 Å². The van der Waals surface area contributed by atoms with Crippen molar-refractivity contribution in [3.63, 3.8) is 0 Å². The molecule has 74 valence electrons. The number of nitro groups is 1. The van der Waals surface area contributed by atoms with Crippen LogP contribution in [0.3, 0.4) is 0 Å². The predicted molar refractivity (Wildman–Crippen MR) is 51.0 cm³/mol. The standard InChI is InChI=1S/C10H11NO3/c1-10(6-7-14-10)8-2-4-9(5-3-8)11(12)13/h2-5H,6-7H2,1H3. The normalized spacial score (nSPS) is 25.5. The van der Waals surface area contributed by atoms with E-state index < -0.39 is 4.92 Å². The highest BCUT2D eigenvalue weighted by molar-refractivity contribution is 5.35. The molecule has 0 aliphatic carbocycles. The summed E-state index contributed by atoms with van der Waals surface area (Å²) in [6.07, 6.45) is 0.977. The second-order valence-electron chi connectivity index (χ2n) is 3.63. The summed E-state index contributed by atoms with van der Waals surface area (Å²) in [5.74, 6) is 0. The van der Waals surface area contributed by atoms with Crippen molar-refractivity contribution in [1.29, 1.82) is 0 Å². The largest absolute Gasteiger partial charge is 0.370 e. The van der Waals surface area contributed by atoms with Crippen LogP contribution in [-0.2, 0) is 10.3 Å². The van der Waals surface area contributed by atoms with Gasteiger partial charge in [0.05, 0.1) is 17.1 Å². The summed E-state index contributed by atoms with van der Waals surface area (Å²) in [4.78, 5) is 10.0. The summed E-state index contributed by atoms with van der Waals surface area (Å²) in [6, 6.07) is 6.55. The molecule has 0 amide bonds. The summed E-state index contributed by atoms with van der Waals surface area (Å²) >= 11 is 0. The maximum Gasteiger partial charge on any atom is 0.269 e. The number of nitrogens with zero attached hydrogens (tertiary/aromatic N) is 1. The first-order valence-electron chi connectivity index (χ1n) is 4.51. The van der Waals surface area contributed by atoms with E-state index in [1.807, 2.05) is 6.92 Å². The van der Waals surface area contributed by atoms with Gasteiger partial charge in [-0.25, -0.2) is 0 Å². The molecular weight excluding hydrogens is 182 g/mol. The molecule has 0 radical (unpaired) electrons. The molecule has 4 heteroatoms. The van der Waals surface area contributed by atoms with E-state index in [-0.39, 0.29) is 11.3 Å². The van der Waals surface area contributed by atoms with E-state index in [4.69, 9.17) is 4.74 Å². The Bertz CT molecular complexity index is 354. The Labute approximate surface area is 81.7 Å². The van der Waals surface area contributed by atoms with E-state index in [0.717, 1.165) is 18.6 Å². The first kappa shape index (κ1) is 9.15. The Hall–Kier alpha value is -1.42. The van der Waals surface area contributed by atoms with Crippen LogP contribution in [0.5, 0.6) is 0 Å². The van der Waals surface area contributed by atoms with Gasteiger partial charge in [-0.2, -0.15) is 0 Å². The zero-order chi connectivity index (χ0) is 10.2. The van der Waals surface area contributed by atoms with Crippen molar-refractivity contribution < 1.29 is 9.66 Å². The van der Waals surface area contributed by atoms with Crippen molar-refractivity contribution in [2.45, 2.75) is 18.9 Å². The van der Waals surface area contributed by atoms with Crippen molar-refractivity contribution >= 4 is 5.69 Å². The van der Waals surface area contributed by atoms with Crippen molar-refractivity contribution in [2.24, 2.45) is 0 Å². The lowest BCUT2D eigenvalue weighted by molar-refractivity contribution is -0.384. The Kier molecular flexibility index (Phi) is 2.00. The molecule has 2 rings (SSSR count). The summed E-state index contributed by atoms with van der Waals surface area (Å²) in [7, 11) is 0. The molecule has 0 spiro atoms. The van der Waals surface area contributed by atoms with Crippen LogP contribution in [0.25, 0.3) is 0 Å². The van der Waals surface area contributed by atoms with Crippen LogP contribution in [0, 0.1) is 10.1 Å². The van der Waals surface area contributed by atoms with Crippen LogP contribution in [0.4, 0.5) is 5.69 Å². The van der Waals surface area contributed by atoms with Gasteiger partial charge >= 0.3 is 0 Å². The SMILES string of the molecule is CC1(c2ccc([N+](=O)[O-])cc2)CCO1. The molecule has 0 aromatic heterocycles. The third kappa shape index (κ3) is 1.37. The average Bonchev–Trinajstić information content (AvgIpc) is 2.14. The van der Waals surface area contributed by atoms with Crippen LogP contribution in [0.1, 0.15) is 18.9 Å². The molecule has 1 aliphatic rings. The highest BCUT2D eigenvalue weighted by atomic mass is 16.6. The highest BCUT2D eigenvalue weighted by Gasteiger charge is 2.34. The number of ether oxygens (including phenoxy) is 1. The molecule has 14 heavy (non-hydrogen) atoms. The molecule has 1 fully saturated rings. The van der Waals surface area contributed by atoms with Crippen LogP contribution in [-0.4, -0.2) is 11.5 Å². The lowest BCUT2D eigenvalue weighted by atomic mass is 9.88. The number of benzene rings is 1.